The highest BCUT2D eigenvalue weighted by Crippen LogP contribution is 2.26. The minimum absolute atomic E-state index is 0.440. The van der Waals surface area contributed by atoms with E-state index in [2.05, 4.69) is 0 Å². The molecule has 2 rings (SSSR count). The Morgan fingerprint density at radius 1 is 1.19 bits per heavy atom. The van der Waals surface area contributed by atoms with Crippen molar-refractivity contribution in [3.8, 4) is 0 Å². The molecule has 4 heteroatoms. The van der Waals surface area contributed by atoms with Gasteiger partial charge in [-0.25, -0.2) is 0 Å². The van der Waals surface area contributed by atoms with Gasteiger partial charge in [-0.1, -0.05) is 18.2 Å². The van der Waals surface area contributed by atoms with Crippen LogP contribution in [0.15, 0.2) is 34.7 Å². The molecule has 1 aromatic carbocycles. The molecule has 1 heterocycles. The minimum Gasteiger partial charge on any atom is -0.458 e. The lowest BCUT2D eigenvalue weighted by molar-refractivity contribution is -0.170. The molecule has 1 atom stereocenters. The first-order valence-electron chi connectivity index (χ1n) is 4.98. The molecule has 0 saturated carbocycles. The average molecular weight is 222 g/mol. The third-order valence-corrected chi connectivity index (χ3v) is 2.46. The van der Waals surface area contributed by atoms with Crippen molar-refractivity contribution in [3.63, 3.8) is 0 Å². The summed E-state index contributed by atoms with van der Waals surface area (Å²) in [5.74, 6) is 0.440. The molecule has 4 nitrogen and oxygen atoms in total. The van der Waals surface area contributed by atoms with Crippen LogP contribution in [0.4, 0.5) is 0 Å². The van der Waals surface area contributed by atoms with Crippen LogP contribution in [0.2, 0.25) is 0 Å². The smallest absolute Gasteiger partial charge is 0.190 e. The Bertz CT molecular complexity index is 426. The van der Waals surface area contributed by atoms with E-state index in [1.807, 2.05) is 24.3 Å². The molecule has 0 bridgehead atoms. The summed E-state index contributed by atoms with van der Waals surface area (Å²) < 4.78 is 15.5. The highest BCUT2D eigenvalue weighted by molar-refractivity contribution is 5.77. The number of para-hydroxylation sites is 1. The molecule has 1 unspecified atom stereocenters. The van der Waals surface area contributed by atoms with E-state index < -0.39 is 12.4 Å². The summed E-state index contributed by atoms with van der Waals surface area (Å²) >= 11 is 0. The Balaban J connectivity index is 2.32. The van der Waals surface area contributed by atoms with Gasteiger partial charge in [0.25, 0.3) is 0 Å². The van der Waals surface area contributed by atoms with Crippen LogP contribution >= 0.6 is 0 Å². The van der Waals surface area contributed by atoms with Crippen LogP contribution in [0.3, 0.4) is 0 Å². The molecule has 0 aliphatic rings. The fourth-order valence-corrected chi connectivity index (χ4v) is 1.64. The molecule has 0 fully saturated rings. The van der Waals surface area contributed by atoms with Crippen LogP contribution in [0.25, 0.3) is 11.0 Å². The summed E-state index contributed by atoms with van der Waals surface area (Å²) in [7, 11) is 2.94. The maximum Gasteiger partial charge on any atom is 0.190 e. The Morgan fingerprint density at radius 2 is 1.88 bits per heavy atom. The molecule has 16 heavy (non-hydrogen) atoms. The number of fused-ring (bicyclic) bond motifs is 1. The number of aliphatic hydroxyl groups is 1. The van der Waals surface area contributed by atoms with E-state index in [1.165, 1.54) is 14.2 Å². The molecular weight excluding hydrogens is 208 g/mol. The standard InChI is InChI=1S/C12H14O4/c1-14-12(15-2)11(13)10-7-8-5-3-4-6-9(8)16-10/h3-7,11-13H,1-2H3. The molecule has 86 valence electrons. The number of hydrogen-bond acceptors (Lipinski definition) is 4. The minimum atomic E-state index is -0.928. The van der Waals surface area contributed by atoms with Gasteiger partial charge in [0, 0.05) is 19.6 Å². The molecule has 1 N–H and O–H groups in total. The van der Waals surface area contributed by atoms with Gasteiger partial charge < -0.3 is 19.0 Å². The van der Waals surface area contributed by atoms with E-state index in [-0.39, 0.29) is 0 Å². The normalized spacial score (nSPS) is 13.5. The van der Waals surface area contributed by atoms with Gasteiger partial charge in [-0.2, -0.15) is 0 Å². The molecule has 2 aromatic rings. The van der Waals surface area contributed by atoms with Crippen molar-refractivity contribution in [1.82, 2.24) is 0 Å². The van der Waals surface area contributed by atoms with Crippen molar-refractivity contribution in [2.45, 2.75) is 12.4 Å². The summed E-state index contributed by atoms with van der Waals surface area (Å²) in [4.78, 5) is 0. The molecule has 0 amide bonds. The van der Waals surface area contributed by atoms with Gasteiger partial charge in [-0.05, 0) is 12.1 Å². The third-order valence-electron chi connectivity index (χ3n) is 2.46. The largest absolute Gasteiger partial charge is 0.458 e. The van der Waals surface area contributed by atoms with Crippen molar-refractivity contribution in [2.75, 3.05) is 14.2 Å². The van der Waals surface area contributed by atoms with Gasteiger partial charge in [0.1, 0.15) is 11.3 Å². The Hall–Kier alpha value is -1.36. The first-order valence-corrected chi connectivity index (χ1v) is 4.98. The predicted octanol–water partition coefficient (Wildman–Crippen LogP) is 2.09. The topological polar surface area (TPSA) is 51.8 Å². The van der Waals surface area contributed by atoms with Crippen molar-refractivity contribution < 1.29 is 19.0 Å². The fourth-order valence-electron chi connectivity index (χ4n) is 1.64. The van der Waals surface area contributed by atoms with Crippen LogP contribution in [-0.2, 0) is 9.47 Å². The average Bonchev–Trinajstić information content (AvgIpc) is 2.74. The molecule has 0 radical (unpaired) electrons. The maximum atomic E-state index is 9.94. The highest BCUT2D eigenvalue weighted by atomic mass is 16.7. The van der Waals surface area contributed by atoms with Crippen molar-refractivity contribution in [1.29, 1.82) is 0 Å². The van der Waals surface area contributed by atoms with Crippen LogP contribution in [0, 0.1) is 0 Å². The first-order chi connectivity index (χ1) is 7.76. The zero-order valence-corrected chi connectivity index (χ0v) is 9.21. The van der Waals surface area contributed by atoms with E-state index in [4.69, 9.17) is 13.9 Å². The van der Waals surface area contributed by atoms with Crippen LogP contribution in [-0.4, -0.2) is 25.6 Å². The maximum absolute atomic E-state index is 9.94. The number of furan rings is 1. The van der Waals surface area contributed by atoms with Crippen LogP contribution < -0.4 is 0 Å². The lowest BCUT2D eigenvalue weighted by atomic mass is 10.2. The zero-order chi connectivity index (χ0) is 11.5. The third kappa shape index (κ3) is 1.95. The Kier molecular flexibility index (Phi) is 3.24. The summed E-state index contributed by atoms with van der Waals surface area (Å²) in [6, 6.07) is 9.35. The second-order valence-corrected chi connectivity index (χ2v) is 3.47. The number of hydrogen-bond donors (Lipinski definition) is 1. The van der Waals surface area contributed by atoms with Crippen molar-refractivity contribution in [3.05, 3.63) is 36.1 Å². The molecular formula is C12H14O4. The lowest BCUT2D eigenvalue weighted by Gasteiger charge is -2.17. The van der Waals surface area contributed by atoms with Gasteiger partial charge in [0.15, 0.2) is 12.4 Å². The molecule has 1 aromatic heterocycles. The molecule has 0 aliphatic carbocycles. The fraction of sp³-hybridized carbons (Fsp3) is 0.333. The number of rotatable bonds is 4. The number of ether oxygens (including phenoxy) is 2. The van der Waals surface area contributed by atoms with Crippen LogP contribution in [0.5, 0.6) is 0 Å². The summed E-state index contributed by atoms with van der Waals surface area (Å²) in [5, 5.41) is 10.9. The van der Waals surface area contributed by atoms with Crippen molar-refractivity contribution >= 4 is 11.0 Å². The van der Waals surface area contributed by atoms with E-state index in [0.29, 0.717) is 5.76 Å². The highest BCUT2D eigenvalue weighted by Gasteiger charge is 2.23. The first kappa shape index (κ1) is 11.1. The monoisotopic (exact) mass is 222 g/mol. The van der Waals surface area contributed by atoms with Gasteiger partial charge >= 0.3 is 0 Å². The Labute approximate surface area is 93.4 Å². The van der Waals surface area contributed by atoms with Gasteiger partial charge in [0.2, 0.25) is 0 Å². The van der Waals surface area contributed by atoms with Crippen LogP contribution in [0.1, 0.15) is 11.9 Å². The number of aliphatic hydroxyl groups excluding tert-OH is 1. The second-order valence-electron chi connectivity index (χ2n) is 3.47. The summed E-state index contributed by atoms with van der Waals surface area (Å²) in [6.07, 6.45) is -1.65. The van der Waals surface area contributed by atoms with E-state index in [9.17, 15) is 5.11 Å². The molecule has 0 aliphatic heterocycles. The Morgan fingerprint density at radius 3 is 2.50 bits per heavy atom. The quantitative estimate of drug-likeness (QED) is 0.805. The number of benzene rings is 1. The predicted molar refractivity (Wildman–Crippen MR) is 59.0 cm³/mol. The lowest BCUT2D eigenvalue weighted by Crippen LogP contribution is -2.22. The molecule has 0 spiro atoms. The summed E-state index contributed by atoms with van der Waals surface area (Å²) in [6.45, 7) is 0. The van der Waals surface area contributed by atoms with E-state index in [0.717, 1.165) is 11.0 Å². The van der Waals surface area contributed by atoms with Gasteiger partial charge in [-0.15, -0.1) is 0 Å². The van der Waals surface area contributed by atoms with Gasteiger partial charge in [-0.3, -0.25) is 0 Å². The molecule has 0 saturated heterocycles. The van der Waals surface area contributed by atoms with Crippen molar-refractivity contribution in [2.24, 2.45) is 0 Å². The SMILES string of the molecule is COC(OC)C(O)c1cc2ccccc2o1. The van der Waals surface area contributed by atoms with E-state index >= 15 is 0 Å². The van der Waals surface area contributed by atoms with Gasteiger partial charge in [0.05, 0.1) is 0 Å². The summed E-state index contributed by atoms with van der Waals surface area (Å²) in [5.41, 5.74) is 0.738. The van der Waals surface area contributed by atoms with E-state index in [1.54, 1.807) is 6.07 Å². The second kappa shape index (κ2) is 4.65. The zero-order valence-electron chi connectivity index (χ0n) is 9.21. The number of methoxy groups -OCH3 is 2.